The topological polar surface area (TPSA) is 78.9 Å². The van der Waals surface area contributed by atoms with Gasteiger partial charge in [0.25, 0.3) is 0 Å². The molecule has 0 radical (unpaired) electrons. The van der Waals surface area contributed by atoms with E-state index < -0.39 is 6.10 Å². The maximum absolute atomic E-state index is 12.8. The highest BCUT2D eigenvalue weighted by molar-refractivity contribution is 5.71. The van der Waals surface area contributed by atoms with Crippen molar-refractivity contribution >= 4 is 17.9 Å². The molecule has 0 rings (SSSR count). The number of carbonyl (C=O) groups is 3. The van der Waals surface area contributed by atoms with Gasteiger partial charge in [-0.15, -0.1) is 0 Å². The molecule has 1 unspecified atom stereocenters. The van der Waals surface area contributed by atoms with E-state index >= 15 is 0 Å². The van der Waals surface area contributed by atoms with E-state index in [0.717, 1.165) is 128 Å². The molecule has 6 nitrogen and oxygen atoms in total. The van der Waals surface area contributed by atoms with E-state index in [1.54, 1.807) is 0 Å². The molecule has 0 amide bonds. The Hall–Kier alpha value is -3.93. The van der Waals surface area contributed by atoms with E-state index in [4.69, 9.17) is 14.2 Å². The minimum Gasteiger partial charge on any atom is -0.462 e. The number of carbonyl (C=O) groups excluding carboxylic acids is 3. The minimum absolute atomic E-state index is 0.0882. The summed E-state index contributed by atoms with van der Waals surface area (Å²) in [5.41, 5.74) is 0. The molecule has 0 saturated heterocycles. The molecule has 0 bridgehead atoms. The van der Waals surface area contributed by atoms with Crippen LogP contribution in [0.1, 0.15) is 303 Å². The van der Waals surface area contributed by atoms with Crippen molar-refractivity contribution in [2.75, 3.05) is 13.2 Å². The van der Waals surface area contributed by atoms with Gasteiger partial charge in [-0.25, -0.2) is 0 Å². The Morgan fingerprint density at radius 1 is 0.273 bits per heavy atom. The second kappa shape index (κ2) is 64.6. The summed E-state index contributed by atoms with van der Waals surface area (Å²) in [5.74, 6) is -0.923. The number of hydrogen-bond acceptors (Lipinski definition) is 6. The van der Waals surface area contributed by atoms with Crippen LogP contribution in [-0.2, 0) is 28.6 Å². The van der Waals surface area contributed by atoms with Crippen molar-refractivity contribution in [3.8, 4) is 0 Å². The predicted octanol–water partition coefficient (Wildman–Crippen LogP) is 22.2. The summed E-state index contributed by atoms with van der Waals surface area (Å²) in [6, 6.07) is 0. The van der Waals surface area contributed by atoms with Crippen molar-refractivity contribution in [1.82, 2.24) is 0 Å². The lowest BCUT2D eigenvalue weighted by molar-refractivity contribution is -0.167. The van der Waals surface area contributed by atoms with E-state index in [-0.39, 0.29) is 31.1 Å². The standard InChI is InChI=1S/C71H120O6/c1-4-7-10-13-15-17-19-21-23-25-27-29-31-32-33-34-35-36-37-38-40-41-43-45-47-49-51-53-55-58-61-64-70(73)76-67-68(66-75-69(72)63-60-57-12-9-6-3)77-71(74)65-62-59-56-54-52-50-48-46-44-42-39-30-28-26-24-22-20-18-16-14-11-8-5-2/h8,11,16,18-19,21-22,24-25,27-28,30-32,42,44,48,50,68H,4-7,9-10,12-15,17,20,23,26,29,33-41,43,45-47,49,51-67H2,1-3H3/b11-8-,18-16-,21-19-,24-22-,27-25-,30-28-,32-31-,44-42-,50-48-. The maximum Gasteiger partial charge on any atom is 0.306 e. The van der Waals surface area contributed by atoms with Crippen molar-refractivity contribution in [3.63, 3.8) is 0 Å². The molecule has 0 aromatic heterocycles. The summed E-state index contributed by atoms with van der Waals surface area (Å²) in [7, 11) is 0. The molecule has 1 atom stereocenters. The van der Waals surface area contributed by atoms with Gasteiger partial charge in [-0.2, -0.15) is 0 Å². The van der Waals surface area contributed by atoms with Gasteiger partial charge in [0.15, 0.2) is 6.10 Å². The summed E-state index contributed by atoms with van der Waals surface area (Å²) in [5, 5.41) is 0. The maximum atomic E-state index is 12.8. The molecule has 6 heteroatoms. The van der Waals surface area contributed by atoms with Gasteiger partial charge in [0.2, 0.25) is 0 Å². The third kappa shape index (κ3) is 62.8. The van der Waals surface area contributed by atoms with E-state index in [1.165, 1.54) is 135 Å². The molecule has 0 aromatic rings. The van der Waals surface area contributed by atoms with Crippen molar-refractivity contribution in [2.24, 2.45) is 0 Å². The summed E-state index contributed by atoms with van der Waals surface area (Å²) in [6.45, 7) is 6.42. The van der Waals surface area contributed by atoms with Crippen LogP contribution in [0.4, 0.5) is 0 Å². The molecule has 0 saturated carbocycles. The summed E-state index contributed by atoms with van der Waals surface area (Å²) < 4.78 is 16.7. The zero-order valence-corrected chi connectivity index (χ0v) is 50.4. The Labute approximate surface area is 476 Å². The fraction of sp³-hybridized carbons (Fsp3) is 0.704. The van der Waals surface area contributed by atoms with Gasteiger partial charge in [-0.1, -0.05) is 284 Å². The van der Waals surface area contributed by atoms with Crippen LogP contribution in [0.3, 0.4) is 0 Å². The first-order valence-electron chi connectivity index (χ1n) is 32.4. The van der Waals surface area contributed by atoms with Gasteiger partial charge in [0, 0.05) is 19.3 Å². The van der Waals surface area contributed by atoms with Crippen LogP contribution in [0.5, 0.6) is 0 Å². The first-order chi connectivity index (χ1) is 38.0. The average molecular weight is 1070 g/mol. The number of ether oxygens (including phenoxy) is 3. The van der Waals surface area contributed by atoms with Crippen LogP contribution >= 0.6 is 0 Å². The number of esters is 3. The first kappa shape index (κ1) is 73.1. The Bertz CT molecular complexity index is 1560. The van der Waals surface area contributed by atoms with Crippen molar-refractivity contribution < 1.29 is 28.6 Å². The molecule has 440 valence electrons. The molecular weight excluding hydrogens is 949 g/mol. The molecule has 77 heavy (non-hydrogen) atoms. The molecule has 0 heterocycles. The number of rotatable bonds is 58. The van der Waals surface area contributed by atoms with Gasteiger partial charge in [-0.3, -0.25) is 14.4 Å². The summed E-state index contributed by atoms with van der Waals surface area (Å²) in [4.78, 5) is 37.9. The SMILES string of the molecule is CC/C=C\C/C=C\C/C=C\C/C=C\C/C=C\C/C=C\CCCCCCC(=O)OC(COC(=O)CCCCCCC)COC(=O)CCCCCCCCCCCCCCCCCC/C=C\C/C=C\C/C=C\CCCCCCC. The molecule has 0 aliphatic heterocycles. The zero-order valence-electron chi connectivity index (χ0n) is 50.4. The monoisotopic (exact) mass is 1070 g/mol. The molecule has 0 N–H and O–H groups in total. The van der Waals surface area contributed by atoms with Crippen LogP contribution in [-0.4, -0.2) is 37.2 Å². The van der Waals surface area contributed by atoms with Crippen molar-refractivity contribution in [3.05, 3.63) is 109 Å². The van der Waals surface area contributed by atoms with Crippen molar-refractivity contribution in [1.29, 1.82) is 0 Å². The van der Waals surface area contributed by atoms with E-state index in [2.05, 4.69) is 130 Å². The third-order valence-electron chi connectivity index (χ3n) is 13.8. The number of hydrogen-bond donors (Lipinski definition) is 0. The highest BCUT2D eigenvalue weighted by atomic mass is 16.6. The van der Waals surface area contributed by atoms with E-state index in [1.807, 2.05) is 0 Å². The van der Waals surface area contributed by atoms with Gasteiger partial charge in [0.05, 0.1) is 0 Å². The fourth-order valence-corrected chi connectivity index (χ4v) is 8.92. The smallest absolute Gasteiger partial charge is 0.306 e. The van der Waals surface area contributed by atoms with Gasteiger partial charge in [0.1, 0.15) is 13.2 Å². The molecule has 0 aliphatic rings. The molecule has 0 aliphatic carbocycles. The first-order valence-corrected chi connectivity index (χ1v) is 32.4. The molecule has 0 fully saturated rings. The Morgan fingerprint density at radius 2 is 0.506 bits per heavy atom. The molecular formula is C71H120O6. The van der Waals surface area contributed by atoms with E-state index in [0.29, 0.717) is 19.3 Å². The van der Waals surface area contributed by atoms with Crippen molar-refractivity contribution in [2.45, 2.75) is 309 Å². The Morgan fingerprint density at radius 3 is 0.792 bits per heavy atom. The second-order valence-electron chi connectivity index (χ2n) is 21.3. The van der Waals surface area contributed by atoms with Crippen LogP contribution in [0.15, 0.2) is 109 Å². The highest BCUT2D eigenvalue weighted by Crippen LogP contribution is 2.16. The molecule has 0 aromatic carbocycles. The van der Waals surface area contributed by atoms with Crippen LogP contribution in [0.25, 0.3) is 0 Å². The normalized spacial score (nSPS) is 12.8. The second-order valence-corrected chi connectivity index (χ2v) is 21.3. The minimum atomic E-state index is -0.790. The van der Waals surface area contributed by atoms with Crippen LogP contribution < -0.4 is 0 Å². The number of allylic oxidation sites excluding steroid dienone is 18. The lowest BCUT2D eigenvalue weighted by Gasteiger charge is -2.18. The zero-order chi connectivity index (χ0) is 55.7. The lowest BCUT2D eigenvalue weighted by atomic mass is 10.0. The predicted molar refractivity (Wildman–Crippen MR) is 334 cm³/mol. The largest absolute Gasteiger partial charge is 0.462 e. The third-order valence-corrected chi connectivity index (χ3v) is 13.8. The van der Waals surface area contributed by atoms with Gasteiger partial charge in [-0.05, 0) is 109 Å². The van der Waals surface area contributed by atoms with Gasteiger partial charge >= 0.3 is 17.9 Å². The van der Waals surface area contributed by atoms with Crippen LogP contribution in [0, 0.1) is 0 Å². The van der Waals surface area contributed by atoms with Crippen LogP contribution in [0.2, 0.25) is 0 Å². The van der Waals surface area contributed by atoms with E-state index in [9.17, 15) is 14.4 Å². The summed E-state index contributed by atoms with van der Waals surface area (Å²) in [6.07, 6.45) is 88.7. The quantitative estimate of drug-likeness (QED) is 0.0261. The average Bonchev–Trinajstić information content (AvgIpc) is 3.43. The Kier molecular flexibility index (Phi) is 61.3. The fourth-order valence-electron chi connectivity index (χ4n) is 8.92. The molecule has 0 spiro atoms. The van der Waals surface area contributed by atoms with Gasteiger partial charge < -0.3 is 14.2 Å². The highest BCUT2D eigenvalue weighted by Gasteiger charge is 2.19. The lowest BCUT2D eigenvalue weighted by Crippen LogP contribution is -2.30. The number of unbranched alkanes of at least 4 members (excludes halogenated alkanes) is 29. The summed E-state index contributed by atoms with van der Waals surface area (Å²) >= 11 is 0. The Balaban J connectivity index is 4.06.